The van der Waals surface area contributed by atoms with Gasteiger partial charge in [-0.2, -0.15) is 0 Å². The number of nitrogens with one attached hydrogen (secondary N) is 1. The summed E-state index contributed by atoms with van der Waals surface area (Å²) in [6, 6.07) is 0. The van der Waals surface area contributed by atoms with Crippen LogP contribution in [0.3, 0.4) is 0 Å². The van der Waals surface area contributed by atoms with Crippen LogP contribution in [-0.2, 0) is 14.4 Å². The standard InChI is InChI=1S/C2H7N2O.3C2H4O2.3Na/c3-1-2-4-5;3*1-2(3)4;;;/h4H,1-3H2;3*1H3,(H,3,4);;;/q-1;;;;3*+1/p-2. The summed E-state index contributed by atoms with van der Waals surface area (Å²) in [5.41, 5.74) is 6.52. The molecule has 0 radical (unpaired) electrons. The first-order chi connectivity index (χ1) is 7.61. The Bertz CT molecular complexity index is 166. The van der Waals surface area contributed by atoms with Crippen LogP contribution in [-0.4, -0.2) is 36.1 Å². The second kappa shape index (κ2) is 42.7. The average Bonchev–Trinajstić information content (AvgIpc) is 2.01. The molecule has 12 heteroatoms. The van der Waals surface area contributed by atoms with Gasteiger partial charge >= 0.3 is 88.7 Å². The van der Waals surface area contributed by atoms with E-state index in [1.54, 1.807) is 5.48 Å². The van der Waals surface area contributed by atoms with Crippen LogP contribution in [0, 0.1) is 5.21 Å². The molecule has 0 aromatic heterocycles. The van der Waals surface area contributed by atoms with Crippen molar-refractivity contribution in [2.45, 2.75) is 20.8 Å². The zero-order chi connectivity index (χ0) is 14.9. The SMILES string of the molecule is CC(=O)O.CC(=O)[O-].CC(=O)[O-].NCCN[O-].[Na+].[Na+].[Na+]. The van der Waals surface area contributed by atoms with Crippen molar-refractivity contribution in [3.05, 3.63) is 5.21 Å². The molecule has 104 valence electrons. The van der Waals surface area contributed by atoms with Crippen LogP contribution in [0.5, 0.6) is 0 Å². The van der Waals surface area contributed by atoms with E-state index in [4.69, 9.17) is 35.4 Å². The normalized spacial score (nSPS) is 5.85. The number of nitrogens with two attached hydrogens (primary N) is 1. The van der Waals surface area contributed by atoms with E-state index in [0.29, 0.717) is 13.1 Å². The maximum atomic E-state index is 9.20. The molecular weight excluding hydrogens is 305 g/mol. The van der Waals surface area contributed by atoms with Gasteiger partial charge in [0.05, 0.1) is 0 Å². The van der Waals surface area contributed by atoms with Gasteiger partial charge in [-0.25, -0.2) is 0 Å². The molecule has 0 bridgehead atoms. The van der Waals surface area contributed by atoms with Crippen molar-refractivity contribution in [2.24, 2.45) is 5.73 Å². The summed E-state index contributed by atoms with van der Waals surface area (Å²) >= 11 is 0. The molecule has 0 aromatic rings. The third-order valence-electron chi connectivity index (χ3n) is 0.246. The first kappa shape index (κ1) is 42.9. The number of hydrogen-bond acceptors (Lipinski definition) is 8. The molecule has 0 rings (SSSR count). The van der Waals surface area contributed by atoms with Crippen LogP contribution >= 0.6 is 0 Å². The monoisotopic (exact) mass is 322 g/mol. The Morgan fingerprint density at radius 3 is 1.15 bits per heavy atom. The van der Waals surface area contributed by atoms with E-state index in [1.165, 1.54) is 0 Å². The van der Waals surface area contributed by atoms with Crippen LogP contribution in [0.15, 0.2) is 0 Å². The molecule has 20 heavy (non-hydrogen) atoms. The maximum absolute atomic E-state index is 9.20. The smallest absolute Gasteiger partial charge is 0.788 e. The number of hydroxylamine groups is 1. The molecule has 0 aliphatic rings. The largest absolute Gasteiger partial charge is 1.00 e. The fourth-order valence-corrected chi connectivity index (χ4v) is 0.0589. The molecule has 0 aromatic carbocycles. The predicted molar refractivity (Wildman–Crippen MR) is 55.1 cm³/mol. The summed E-state index contributed by atoms with van der Waals surface area (Å²) in [5.74, 6) is -3.00. The molecule has 0 heterocycles. The van der Waals surface area contributed by atoms with Crippen molar-refractivity contribution in [2.75, 3.05) is 13.1 Å². The minimum absolute atomic E-state index is 0. The van der Waals surface area contributed by atoms with Crippen LogP contribution < -0.4 is 110 Å². The minimum atomic E-state index is -1.08. The molecule has 0 saturated carbocycles. The van der Waals surface area contributed by atoms with E-state index in [9.17, 15) is 5.21 Å². The molecule has 0 unspecified atom stereocenters. The summed E-state index contributed by atoms with van der Waals surface area (Å²) in [6.07, 6.45) is 0. The molecule has 0 fully saturated rings. The third-order valence-corrected chi connectivity index (χ3v) is 0.246. The molecule has 0 atom stereocenters. The number of carboxylic acids is 3. The molecule has 0 aliphatic carbocycles. The van der Waals surface area contributed by atoms with Gasteiger partial charge in [-0.3, -0.25) is 4.79 Å². The Kier molecular flexibility index (Phi) is 91.7. The number of carboxylic acid groups (broad SMARTS) is 3. The van der Waals surface area contributed by atoms with E-state index >= 15 is 0 Å². The van der Waals surface area contributed by atoms with Crippen molar-refractivity contribution in [1.29, 1.82) is 0 Å². The van der Waals surface area contributed by atoms with Gasteiger partial charge in [0, 0.05) is 25.4 Å². The van der Waals surface area contributed by atoms with E-state index < -0.39 is 17.9 Å². The van der Waals surface area contributed by atoms with E-state index in [0.717, 1.165) is 20.8 Å². The summed E-state index contributed by atoms with van der Waals surface area (Å²) in [6.45, 7) is 3.81. The van der Waals surface area contributed by atoms with Crippen molar-refractivity contribution in [1.82, 2.24) is 5.48 Å². The summed E-state index contributed by atoms with van der Waals surface area (Å²) in [5, 5.41) is 34.4. The number of rotatable bonds is 2. The van der Waals surface area contributed by atoms with Gasteiger partial charge < -0.3 is 41.3 Å². The first-order valence-corrected chi connectivity index (χ1v) is 4.21. The second-order valence-corrected chi connectivity index (χ2v) is 2.19. The number of carbonyl (C=O) groups excluding carboxylic acids is 2. The Hall–Kier alpha value is 1.29. The third kappa shape index (κ3) is 596. The quantitative estimate of drug-likeness (QED) is 0.328. The summed E-state index contributed by atoms with van der Waals surface area (Å²) in [7, 11) is 0. The fraction of sp³-hybridized carbons (Fsp3) is 0.625. The van der Waals surface area contributed by atoms with Gasteiger partial charge in [0.25, 0.3) is 5.97 Å². The molecular formula is C8H17N2Na3O7. The van der Waals surface area contributed by atoms with Gasteiger partial charge in [0.15, 0.2) is 0 Å². The van der Waals surface area contributed by atoms with Crippen LogP contribution in [0.2, 0.25) is 0 Å². The van der Waals surface area contributed by atoms with Crippen LogP contribution in [0.1, 0.15) is 20.8 Å². The molecule has 0 spiro atoms. The topological polar surface area (TPSA) is 179 Å². The van der Waals surface area contributed by atoms with Crippen LogP contribution in [0.4, 0.5) is 0 Å². The summed E-state index contributed by atoms with van der Waals surface area (Å²) in [4.78, 5) is 26.8. The Balaban J connectivity index is -0.0000000216. The predicted octanol–water partition coefficient (Wildman–Crippen LogP) is -12.4. The Morgan fingerprint density at radius 2 is 1.15 bits per heavy atom. The fourth-order valence-electron chi connectivity index (χ4n) is 0.0589. The van der Waals surface area contributed by atoms with Gasteiger partial charge in [-0.05, 0) is 20.4 Å². The number of hydrogen-bond donors (Lipinski definition) is 3. The van der Waals surface area contributed by atoms with Gasteiger partial charge in [0.2, 0.25) is 0 Å². The first-order valence-electron chi connectivity index (χ1n) is 4.21. The Labute approximate surface area is 184 Å². The second-order valence-electron chi connectivity index (χ2n) is 2.19. The van der Waals surface area contributed by atoms with Gasteiger partial charge in [-0.15, -0.1) is 0 Å². The van der Waals surface area contributed by atoms with Crippen molar-refractivity contribution in [3.63, 3.8) is 0 Å². The minimum Gasteiger partial charge on any atom is -0.788 e. The van der Waals surface area contributed by atoms with Gasteiger partial charge in [0.1, 0.15) is 0 Å². The van der Waals surface area contributed by atoms with Gasteiger partial charge in [-0.1, -0.05) is 0 Å². The van der Waals surface area contributed by atoms with E-state index in [2.05, 4.69) is 0 Å². The maximum Gasteiger partial charge on any atom is 1.00 e. The number of carbonyl (C=O) groups is 3. The van der Waals surface area contributed by atoms with Crippen LogP contribution in [0.25, 0.3) is 0 Å². The van der Waals surface area contributed by atoms with E-state index in [1.807, 2.05) is 0 Å². The molecule has 0 aliphatic heterocycles. The zero-order valence-electron chi connectivity index (χ0n) is 12.9. The van der Waals surface area contributed by atoms with Crippen molar-refractivity contribution in [3.8, 4) is 0 Å². The van der Waals surface area contributed by atoms with Crippen molar-refractivity contribution < 1.29 is 118 Å². The van der Waals surface area contributed by atoms with E-state index in [-0.39, 0.29) is 88.7 Å². The molecule has 0 amide bonds. The number of aliphatic carboxylic acids is 3. The Morgan fingerprint density at radius 1 is 1.00 bits per heavy atom. The molecule has 9 nitrogen and oxygen atoms in total. The molecule has 4 N–H and O–H groups in total. The average molecular weight is 322 g/mol. The summed E-state index contributed by atoms with van der Waals surface area (Å²) < 4.78 is 0. The van der Waals surface area contributed by atoms with Crippen molar-refractivity contribution >= 4 is 17.9 Å². The zero-order valence-corrected chi connectivity index (χ0v) is 18.9. The molecule has 0 saturated heterocycles.